The Morgan fingerprint density at radius 2 is 0.696 bits per heavy atom. The van der Waals surface area contributed by atoms with E-state index in [-0.39, 0.29) is 14.9 Å². The SMILES string of the molecule is [CH3-].[CH3-].[Si]=[Zr].c1ccc(-c2ccc(-c3ccccc3)c3[cH-]c(CC4CCC4)cc23)cc1.c1ccc(-c2ccc(-c3ccccc3)c3[cH-]c(CC4CCC4)cc23)cc1. The Hall–Kier alpha value is -4.36. The van der Waals surface area contributed by atoms with E-state index in [1.807, 2.05) is 0 Å². The largest absolute Gasteiger partial charge is 0.164 e. The molecule has 8 aromatic carbocycles. The third kappa shape index (κ3) is 9.09. The van der Waals surface area contributed by atoms with E-state index in [2.05, 4.69) is 177 Å². The van der Waals surface area contributed by atoms with Crippen molar-refractivity contribution in [2.75, 3.05) is 0 Å². The van der Waals surface area contributed by atoms with Crippen LogP contribution in [0.4, 0.5) is 0 Å². The first kappa shape index (κ1) is 41.3. The third-order valence-corrected chi connectivity index (χ3v) is 11.7. The zero-order valence-electron chi connectivity index (χ0n) is 33.0. The summed E-state index contributed by atoms with van der Waals surface area (Å²) >= 11 is 1.36. The summed E-state index contributed by atoms with van der Waals surface area (Å²) in [6.07, 6.45) is 10.9. The Morgan fingerprint density at radius 3 is 0.982 bits per heavy atom. The topological polar surface area (TPSA) is 0 Å². The second-order valence-electron chi connectivity index (χ2n) is 15.2. The zero-order valence-corrected chi connectivity index (χ0v) is 36.4. The van der Waals surface area contributed by atoms with E-state index in [9.17, 15) is 0 Å². The first-order chi connectivity index (χ1) is 26.8. The van der Waals surface area contributed by atoms with Gasteiger partial charge >= 0.3 is 30.2 Å². The summed E-state index contributed by atoms with van der Waals surface area (Å²) in [5, 5.41) is 5.58. The second kappa shape index (κ2) is 19.7. The molecule has 280 valence electrons. The Labute approximate surface area is 353 Å². The molecule has 2 aliphatic carbocycles. The van der Waals surface area contributed by atoms with E-state index in [1.165, 1.54) is 152 Å². The Balaban J connectivity index is 0.000000176. The zero-order chi connectivity index (χ0) is 36.7. The van der Waals surface area contributed by atoms with Crippen LogP contribution in [-0.2, 0) is 36.2 Å². The van der Waals surface area contributed by atoms with Gasteiger partial charge < -0.3 is 14.9 Å². The molecule has 2 aliphatic rings. The van der Waals surface area contributed by atoms with Crippen molar-refractivity contribution in [3.05, 3.63) is 196 Å². The molecule has 8 aromatic rings. The van der Waals surface area contributed by atoms with Crippen molar-refractivity contribution in [3.63, 3.8) is 0 Å². The van der Waals surface area contributed by atoms with E-state index in [0.717, 1.165) is 11.8 Å². The number of fused-ring (bicyclic) bond motifs is 2. The summed E-state index contributed by atoms with van der Waals surface area (Å²) in [7, 11) is 0. The number of hydrogen-bond acceptors (Lipinski definition) is 0. The Kier molecular flexibility index (Phi) is 14.5. The fourth-order valence-corrected chi connectivity index (χ4v) is 8.49. The monoisotopic (exact) mass is 818 g/mol. The predicted octanol–water partition coefficient (Wildman–Crippen LogP) is 15.0. The molecule has 10 rings (SSSR count). The molecule has 0 atom stereocenters. The molecule has 0 saturated heterocycles. The molecule has 0 aliphatic heterocycles. The van der Waals surface area contributed by atoms with Crippen LogP contribution in [0.25, 0.3) is 66.1 Å². The molecular formula is C54H52SiZr-4. The molecule has 2 radical (unpaired) electrons. The van der Waals surface area contributed by atoms with E-state index in [0.29, 0.717) is 0 Å². The van der Waals surface area contributed by atoms with Gasteiger partial charge in [-0.2, -0.15) is 12.1 Å². The summed E-state index contributed by atoms with van der Waals surface area (Å²) in [5.74, 6) is 1.79. The standard InChI is InChI=1S/2C26H23.2CH3.Si.Zr/c2*1-3-10-21(11-4-1)23-14-15-24(22-12-5-2-6-13-22)26-18-20(17-25(23)26)16-19-8-7-9-19;;;;/h2*1-6,10-15,17-19H,7-9,16H2;2*1H3;;/q4*-1;;. The maximum absolute atomic E-state index is 3.06. The van der Waals surface area contributed by atoms with Gasteiger partial charge in [0.25, 0.3) is 0 Å². The van der Waals surface area contributed by atoms with Gasteiger partial charge in [0.15, 0.2) is 0 Å². The molecule has 0 spiro atoms. The van der Waals surface area contributed by atoms with Crippen molar-refractivity contribution >= 4 is 28.4 Å². The molecule has 2 heteroatoms. The van der Waals surface area contributed by atoms with Crippen LogP contribution in [0.3, 0.4) is 0 Å². The fraction of sp³-hybridized carbons (Fsp3) is 0.185. The van der Waals surface area contributed by atoms with Crippen molar-refractivity contribution in [1.82, 2.24) is 0 Å². The molecule has 0 N–H and O–H groups in total. The summed E-state index contributed by atoms with van der Waals surface area (Å²) < 4.78 is 0. The number of benzene rings is 6. The van der Waals surface area contributed by atoms with Crippen molar-refractivity contribution in [2.24, 2.45) is 11.8 Å². The molecule has 0 bridgehead atoms. The molecule has 0 aromatic heterocycles. The van der Waals surface area contributed by atoms with E-state index in [4.69, 9.17) is 0 Å². The van der Waals surface area contributed by atoms with Crippen LogP contribution in [0.2, 0.25) is 0 Å². The minimum absolute atomic E-state index is 0. The minimum Gasteiger partial charge on any atom is -0.164 e. The molecule has 56 heavy (non-hydrogen) atoms. The van der Waals surface area contributed by atoms with E-state index < -0.39 is 0 Å². The molecule has 0 heterocycles. The van der Waals surface area contributed by atoms with Crippen LogP contribution < -0.4 is 0 Å². The molecular weight excluding hydrogens is 768 g/mol. The third-order valence-electron chi connectivity index (χ3n) is 11.7. The van der Waals surface area contributed by atoms with Gasteiger partial charge in [-0.1, -0.05) is 217 Å². The van der Waals surface area contributed by atoms with Crippen molar-refractivity contribution in [2.45, 2.75) is 51.4 Å². The fourth-order valence-electron chi connectivity index (χ4n) is 8.49. The maximum Gasteiger partial charge on any atom is -0.0279 e. The van der Waals surface area contributed by atoms with Gasteiger partial charge in [0, 0.05) is 0 Å². The van der Waals surface area contributed by atoms with Gasteiger partial charge in [0.05, 0.1) is 0 Å². The quantitative estimate of drug-likeness (QED) is 0.106. The molecule has 2 fully saturated rings. The molecule has 2 saturated carbocycles. The molecule has 0 unspecified atom stereocenters. The Morgan fingerprint density at radius 1 is 0.411 bits per heavy atom. The second-order valence-corrected chi connectivity index (χ2v) is 15.2. The summed E-state index contributed by atoms with van der Waals surface area (Å²) in [4.78, 5) is 0. The van der Waals surface area contributed by atoms with E-state index in [1.54, 1.807) is 0 Å². The maximum atomic E-state index is 3.06. The van der Waals surface area contributed by atoms with Crippen LogP contribution in [0.5, 0.6) is 0 Å². The molecule has 0 amide bonds. The van der Waals surface area contributed by atoms with Crippen LogP contribution in [0, 0.1) is 26.7 Å². The van der Waals surface area contributed by atoms with Gasteiger partial charge in [-0.15, -0.1) is 44.8 Å². The van der Waals surface area contributed by atoms with Gasteiger partial charge in [-0.05, 0) is 35.8 Å². The van der Waals surface area contributed by atoms with Crippen LogP contribution in [0.1, 0.15) is 49.7 Å². The minimum atomic E-state index is 0. The summed E-state index contributed by atoms with van der Waals surface area (Å²) in [6, 6.07) is 62.1. The van der Waals surface area contributed by atoms with Crippen molar-refractivity contribution < 1.29 is 23.3 Å². The average Bonchev–Trinajstić information content (AvgIpc) is 3.84. The summed E-state index contributed by atoms with van der Waals surface area (Å²) in [5.41, 5.74) is 13.6. The average molecular weight is 820 g/mol. The molecule has 0 nitrogen and oxygen atoms in total. The number of hydrogen-bond donors (Lipinski definition) is 0. The predicted molar refractivity (Wildman–Crippen MR) is 241 cm³/mol. The van der Waals surface area contributed by atoms with Crippen LogP contribution >= 0.6 is 0 Å². The first-order valence-corrected chi connectivity index (χ1v) is 23.9. The van der Waals surface area contributed by atoms with Crippen LogP contribution in [-0.4, -0.2) is 6.88 Å². The van der Waals surface area contributed by atoms with Gasteiger partial charge in [-0.25, -0.2) is 0 Å². The van der Waals surface area contributed by atoms with E-state index >= 15 is 0 Å². The van der Waals surface area contributed by atoms with Crippen molar-refractivity contribution in [1.29, 1.82) is 0 Å². The first-order valence-electron chi connectivity index (χ1n) is 19.7. The number of rotatable bonds is 8. The van der Waals surface area contributed by atoms with Crippen molar-refractivity contribution in [3.8, 4) is 44.5 Å². The smallest absolute Gasteiger partial charge is 0.0279 e. The van der Waals surface area contributed by atoms with Gasteiger partial charge in [0.1, 0.15) is 0 Å². The van der Waals surface area contributed by atoms with Gasteiger partial charge in [-0.3, -0.25) is 0 Å². The van der Waals surface area contributed by atoms with Crippen LogP contribution in [0.15, 0.2) is 170 Å². The van der Waals surface area contributed by atoms with Gasteiger partial charge in [0.2, 0.25) is 0 Å². The normalized spacial score (nSPS) is 13.5. The Bertz CT molecular complexity index is 2090. The summed E-state index contributed by atoms with van der Waals surface area (Å²) in [6.45, 7) is 3.06.